The molecular weight excluding hydrogens is 216 g/mol. The van der Waals surface area contributed by atoms with Gasteiger partial charge in [-0.3, -0.25) is 10.1 Å². The summed E-state index contributed by atoms with van der Waals surface area (Å²) < 4.78 is 0. The monoisotopic (exact) mass is 236 g/mol. The Hall–Kier alpha value is -1.42. The van der Waals surface area contributed by atoms with Gasteiger partial charge in [0.2, 0.25) is 0 Å². The lowest BCUT2D eigenvalue weighted by Crippen LogP contribution is -2.31. The maximum absolute atomic E-state index is 10.5. The summed E-state index contributed by atoms with van der Waals surface area (Å²) in [5.41, 5.74) is 7.33. The fourth-order valence-corrected chi connectivity index (χ4v) is 2.09. The molecule has 1 unspecified atom stereocenters. The lowest BCUT2D eigenvalue weighted by atomic mass is 9.90. The van der Waals surface area contributed by atoms with Gasteiger partial charge in [-0.05, 0) is 17.9 Å². The molecule has 17 heavy (non-hydrogen) atoms. The molecule has 94 valence electrons. The first-order chi connectivity index (χ1) is 8.08. The van der Waals surface area contributed by atoms with Crippen LogP contribution in [0.5, 0.6) is 0 Å². The highest BCUT2D eigenvalue weighted by atomic mass is 16.6. The summed E-state index contributed by atoms with van der Waals surface area (Å²) in [5.74, 6) is 0.519. The first-order valence-electron chi connectivity index (χ1n) is 6.07. The van der Waals surface area contributed by atoms with E-state index in [0.717, 1.165) is 24.8 Å². The second-order valence-electron chi connectivity index (χ2n) is 4.37. The van der Waals surface area contributed by atoms with Crippen molar-refractivity contribution < 1.29 is 4.92 Å². The molecule has 1 aromatic rings. The SMILES string of the molecule is CCC(CC)C(N)Cc1ccc([N+](=O)[O-])cc1. The van der Waals surface area contributed by atoms with Crippen molar-refractivity contribution in [1.82, 2.24) is 0 Å². The van der Waals surface area contributed by atoms with E-state index >= 15 is 0 Å². The molecule has 0 bridgehead atoms. The second kappa shape index (κ2) is 6.35. The van der Waals surface area contributed by atoms with Gasteiger partial charge >= 0.3 is 0 Å². The van der Waals surface area contributed by atoms with Crippen LogP contribution in [-0.2, 0) is 6.42 Å². The van der Waals surface area contributed by atoms with Crippen LogP contribution in [0.1, 0.15) is 32.3 Å². The van der Waals surface area contributed by atoms with Crippen LogP contribution >= 0.6 is 0 Å². The molecule has 1 rings (SSSR count). The standard InChI is InChI=1S/C13H20N2O2/c1-3-11(4-2)13(14)9-10-5-7-12(8-6-10)15(16)17/h5-8,11,13H,3-4,9,14H2,1-2H3. The van der Waals surface area contributed by atoms with Crippen molar-refractivity contribution in [2.24, 2.45) is 11.7 Å². The first-order valence-corrected chi connectivity index (χ1v) is 6.07. The van der Waals surface area contributed by atoms with Gasteiger partial charge in [0.05, 0.1) is 4.92 Å². The number of benzene rings is 1. The van der Waals surface area contributed by atoms with Crippen molar-refractivity contribution in [3.8, 4) is 0 Å². The van der Waals surface area contributed by atoms with Crippen LogP contribution in [0.2, 0.25) is 0 Å². The van der Waals surface area contributed by atoms with E-state index in [1.165, 1.54) is 12.1 Å². The summed E-state index contributed by atoms with van der Waals surface area (Å²) in [5, 5.41) is 10.5. The van der Waals surface area contributed by atoms with Crippen LogP contribution in [0.4, 0.5) is 5.69 Å². The number of nitro benzene ring substituents is 1. The zero-order valence-corrected chi connectivity index (χ0v) is 10.4. The molecule has 0 fully saturated rings. The smallest absolute Gasteiger partial charge is 0.269 e. The molecule has 0 aliphatic carbocycles. The lowest BCUT2D eigenvalue weighted by Gasteiger charge is -2.21. The molecule has 0 aliphatic heterocycles. The summed E-state index contributed by atoms with van der Waals surface area (Å²) in [6.07, 6.45) is 2.93. The van der Waals surface area contributed by atoms with Gasteiger partial charge < -0.3 is 5.73 Å². The molecular formula is C13H20N2O2. The van der Waals surface area contributed by atoms with Crippen LogP contribution in [-0.4, -0.2) is 11.0 Å². The highest BCUT2D eigenvalue weighted by molar-refractivity contribution is 5.33. The number of non-ortho nitro benzene ring substituents is 1. The van der Waals surface area contributed by atoms with Crippen molar-refractivity contribution in [3.63, 3.8) is 0 Å². The number of hydrogen-bond acceptors (Lipinski definition) is 3. The van der Waals surface area contributed by atoms with E-state index < -0.39 is 0 Å². The van der Waals surface area contributed by atoms with E-state index in [0.29, 0.717) is 5.92 Å². The van der Waals surface area contributed by atoms with Gasteiger partial charge in [-0.25, -0.2) is 0 Å². The Morgan fingerprint density at radius 1 is 1.24 bits per heavy atom. The van der Waals surface area contributed by atoms with Crippen molar-refractivity contribution in [2.45, 2.75) is 39.2 Å². The topological polar surface area (TPSA) is 69.2 Å². The zero-order valence-electron chi connectivity index (χ0n) is 10.4. The van der Waals surface area contributed by atoms with Crippen molar-refractivity contribution in [1.29, 1.82) is 0 Å². The third-order valence-electron chi connectivity index (χ3n) is 3.27. The van der Waals surface area contributed by atoms with E-state index in [9.17, 15) is 10.1 Å². The maximum atomic E-state index is 10.5. The van der Waals surface area contributed by atoms with Gasteiger partial charge in [-0.2, -0.15) is 0 Å². The average Bonchev–Trinajstić information content (AvgIpc) is 2.31. The Balaban J connectivity index is 2.65. The van der Waals surface area contributed by atoms with Crippen molar-refractivity contribution in [2.75, 3.05) is 0 Å². The van der Waals surface area contributed by atoms with Gasteiger partial charge in [0.15, 0.2) is 0 Å². The second-order valence-corrected chi connectivity index (χ2v) is 4.37. The molecule has 1 atom stereocenters. The summed E-state index contributed by atoms with van der Waals surface area (Å²) >= 11 is 0. The van der Waals surface area contributed by atoms with Crippen molar-refractivity contribution >= 4 is 5.69 Å². The molecule has 0 heterocycles. The zero-order chi connectivity index (χ0) is 12.8. The van der Waals surface area contributed by atoms with Crippen LogP contribution in [0, 0.1) is 16.0 Å². The molecule has 2 N–H and O–H groups in total. The van der Waals surface area contributed by atoms with Crippen LogP contribution < -0.4 is 5.73 Å². The van der Waals surface area contributed by atoms with Crippen LogP contribution in [0.15, 0.2) is 24.3 Å². The Morgan fingerprint density at radius 3 is 2.18 bits per heavy atom. The quantitative estimate of drug-likeness (QED) is 0.610. The van der Waals surface area contributed by atoms with Gasteiger partial charge in [0.25, 0.3) is 5.69 Å². The highest BCUT2D eigenvalue weighted by Crippen LogP contribution is 2.17. The third-order valence-corrected chi connectivity index (χ3v) is 3.27. The minimum absolute atomic E-state index is 0.129. The van der Waals surface area contributed by atoms with Gasteiger partial charge in [0.1, 0.15) is 0 Å². The predicted molar refractivity (Wildman–Crippen MR) is 68.8 cm³/mol. The molecule has 1 aromatic carbocycles. The third kappa shape index (κ3) is 3.82. The molecule has 0 saturated heterocycles. The number of rotatable bonds is 6. The molecule has 0 saturated carbocycles. The maximum Gasteiger partial charge on any atom is 0.269 e. The average molecular weight is 236 g/mol. The molecule has 0 radical (unpaired) electrons. The number of nitrogens with zero attached hydrogens (tertiary/aromatic N) is 1. The normalized spacial score (nSPS) is 12.7. The van der Waals surface area contributed by atoms with E-state index in [1.807, 2.05) is 0 Å². The summed E-state index contributed by atoms with van der Waals surface area (Å²) in [6.45, 7) is 4.29. The van der Waals surface area contributed by atoms with Gasteiger partial charge in [0, 0.05) is 18.2 Å². The van der Waals surface area contributed by atoms with E-state index in [-0.39, 0.29) is 16.7 Å². The molecule has 4 heteroatoms. The van der Waals surface area contributed by atoms with Crippen LogP contribution in [0.25, 0.3) is 0 Å². The lowest BCUT2D eigenvalue weighted by molar-refractivity contribution is -0.384. The predicted octanol–water partition coefficient (Wildman–Crippen LogP) is 2.90. The van der Waals surface area contributed by atoms with E-state index in [1.54, 1.807) is 12.1 Å². The molecule has 0 aromatic heterocycles. The molecule has 0 aliphatic rings. The van der Waals surface area contributed by atoms with E-state index in [2.05, 4.69) is 13.8 Å². The summed E-state index contributed by atoms with van der Waals surface area (Å²) in [6, 6.07) is 6.79. The first kappa shape index (κ1) is 13.6. The number of nitro groups is 1. The van der Waals surface area contributed by atoms with Crippen LogP contribution in [0.3, 0.4) is 0 Å². The minimum Gasteiger partial charge on any atom is -0.327 e. The summed E-state index contributed by atoms with van der Waals surface area (Å²) in [7, 11) is 0. The summed E-state index contributed by atoms with van der Waals surface area (Å²) in [4.78, 5) is 10.1. The Kier molecular flexibility index (Phi) is 5.10. The Labute approximate surface area is 102 Å². The van der Waals surface area contributed by atoms with Crippen molar-refractivity contribution in [3.05, 3.63) is 39.9 Å². The Bertz CT molecular complexity index is 358. The fourth-order valence-electron chi connectivity index (χ4n) is 2.09. The molecule has 4 nitrogen and oxygen atoms in total. The highest BCUT2D eigenvalue weighted by Gasteiger charge is 2.14. The van der Waals surface area contributed by atoms with Gasteiger partial charge in [-0.15, -0.1) is 0 Å². The fraction of sp³-hybridized carbons (Fsp3) is 0.538. The molecule has 0 spiro atoms. The largest absolute Gasteiger partial charge is 0.327 e. The van der Waals surface area contributed by atoms with Gasteiger partial charge in [-0.1, -0.05) is 38.8 Å². The Morgan fingerprint density at radius 2 is 1.76 bits per heavy atom. The number of hydrogen-bond donors (Lipinski definition) is 1. The molecule has 0 amide bonds. The number of nitrogens with two attached hydrogens (primary N) is 1. The van der Waals surface area contributed by atoms with E-state index in [4.69, 9.17) is 5.73 Å². The minimum atomic E-state index is -0.384.